The smallest absolute Gasteiger partial charge is 0.270 e. The molecule has 0 unspecified atom stereocenters. The summed E-state index contributed by atoms with van der Waals surface area (Å²) in [5.74, 6) is 0.187. The minimum absolute atomic E-state index is 0.187. The molecule has 4 rings (SSSR count). The van der Waals surface area contributed by atoms with Crippen LogP contribution < -0.4 is 0 Å². The van der Waals surface area contributed by atoms with Crippen molar-refractivity contribution in [3.63, 3.8) is 0 Å². The number of nitrogens with zero attached hydrogens (tertiary/aromatic N) is 4. The fourth-order valence-electron chi connectivity index (χ4n) is 4.48. The molecule has 0 N–H and O–H groups in total. The maximum Gasteiger partial charge on any atom is 0.270 e. The average Bonchev–Trinajstić information content (AvgIpc) is 3.02. The topological polar surface area (TPSA) is 41.4 Å². The Kier molecular flexibility index (Phi) is 4.65. The van der Waals surface area contributed by atoms with E-state index in [9.17, 15) is 4.79 Å². The molecule has 2 aliphatic rings. The van der Waals surface area contributed by atoms with Crippen LogP contribution >= 0.6 is 11.3 Å². The molecule has 5 nitrogen and oxygen atoms in total. The lowest BCUT2D eigenvalue weighted by atomic mass is 9.92. The zero-order valence-corrected chi connectivity index (χ0v) is 16.7. The molecule has 1 aliphatic carbocycles. The fourth-order valence-corrected chi connectivity index (χ4v) is 5.16. The van der Waals surface area contributed by atoms with E-state index in [1.165, 1.54) is 11.4 Å². The second-order valence-corrected chi connectivity index (χ2v) is 9.09. The van der Waals surface area contributed by atoms with Crippen molar-refractivity contribution in [1.82, 2.24) is 19.4 Å². The number of thiazole rings is 1. The van der Waals surface area contributed by atoms with Crippen molar-refractivity contribution in [2.75, 3.05) is 20.1 Å². The van der Waals surface area contributed by atoms with Gasteiger partial charge in [0.05, 0.1) is 6.54 Å². The van der Waals surface area contributed by atoms with Crippen molar-refractivity contribution in [3.8, 4) is 0 Å². The summed E-state index contributed by atoms with van der Waals surface area (Å²) in [5.41, 5.74) is 1.24. The summed E-state index contributed by atoms with van der Waals surface area (Å²) in [6, 6.07) is 4.88. The molecule has 1 aliphatic heterocycles. The molecule has 1 spiro atoms. The lowest BCUT2D eigenvalue weighted by Crippen LogP contribution is -2.42. The molecule has 2 aromatic rings. The minimum Gasteiger partial charge on any atom is -0.341 e. The zero-order chi connectivity index (χ0) is 18.3. The third-order valence-electron chi connectivity index (χ3n) is 6.15. The Bertz CT molecular complexity index is 759. The van der Waals surface area contributed by atoms with Gasteiger partial charge >= 0.3 is 0 Å². The van der Waals surface area contributed by atoms with Gasteiger partial charge in [0.15, 0.2) is 0 Å². The number of amides is 1. The van der Waals surface area contributed by atoms with Crippen molar-refractivity contribution < 1.29 is 4.79 Å². The summed E-state index contributed by atoms with van der Waals surface area (Å²) in [6.07, 6.45) is 7.39. The molecule has 0 bridgehead atoms. The molecule has 2 aromatic heterocycles. The monoisotopic (exact) mass is 372 g/mol. The number of piperidine rings is 1. The molecule has 0 aromatic carbocycles. The van der Waals surface area contributed by atoms with Gasteiger partial charge in [-0.05, 0) is 57.7 Å². The van der Waals surface area contributed by atoms with E-state index in [0.717, 1.165) is 38.2 Å². The van der Waals surface area contributed by atoms with Crippen LogP contribution in [0.3, 0.4) is 0 Å². The molecule has 1 amide bonds. The first-order valence-electron chi connectivity index (χ1n) is 9.55. The number of carbonyl (C=O) groups is 1. The normalized spacial score (nSPS) is 21.7. The minimum atomic E-state index is 0.187. The Hall–Kier alpha value is -1.66. The fraction of sp³-hybridized carbons (Fsp3) is 0.600. The van der Waals surface area contributed by atoms with E-state index in [4.69, 9.17) is 0 Å². The van der Waals surface area contributed by atoms with E-state index in [1.807, 2.05) is 29.9 Å². The third-order valence-corrected chi connectivity index (χ3v) is 6.91. The third kappa shape index (κ3) is 3.21. The summed E-state index contributed by atoms with van der Waals surface area (Å²) in [5, 5.41) is 3.24. The van der Waals surface area contributed by atoms with Crippen molar-refractivity contribution in [2.24, 2.45) is 5.41 Å². The van der Waals surface area contributed by atoms with Gasteiger partial charge in [0.2, 0.25) is 0 Å². The molecule has 26 heavy (non-hydrogen) atoms. The van der Waals surface area contributed by atoms with Gasteiger partial charge in [-0.15, -0.1) is 11.3 Å². The van der Waals surface area contributed by atoms with Gasteiger partial charge in [-0.25, -0.2) is 4.98 Å². The predicted molar refractivity (Wildman–Crippen MR) is 104 cm³/mol. The molecule has 6 heteroatoms. The van der Waals surface area contributed by atoms with Crippen LogP contribution in [0.1, 0.15) is 54.6 Å². The summed E-state index contributed by atoms with van der Waals surface area (Å²) >= 11 is 1.73. The molecular formula is C20H28N4OS. The standard InChI is InChI=1S/C20H28N4OS/c1-15(2)24-9-4-5-16(24)19(25)23-10-6-20(7-11-23)13-17(20)22(3)14-18-21-8-12-26-18/h4-5,8-9,12,15,17H,6-7,10-11,13-14H2,1-3H3/t17-/m1/s1. The van der Waals surface area contributed by atoms with Crippen molar-refractivity contribution >= 4 is 17.2 Å². The van der Waals surface area contributed by atoms with Gasteiger partial charge < -0.3 is 9.47 Å². The van der Waals surface area contributed by atoms with Crippen molar-refractivity contribution in [2.45, 2.75) is 51.7 Å². The largest absolute Gasteiger partial charge is 0.341 e. The van der Waals surface area contributed by atoms with Crippen LogP contribution in [0.2, 0.25) is 0 Å². The SMILES string of the molecule is CC(C)n1cccc1C(=O)N1CCC2(CC1)C[C@H]2N(C)Cc1nccs1. The van der Waals surface area contributed by atoms with Crippen molar-refractivity contribution in [3.05, 3.63) is 40.6 Å². The quantitative estimate of drug-likeness (QED) is 0.804. The molecular weight excluding hydrogens is 344 g/mol. The summed E-state index contributed by atoms with van der Waals surface area (Å²) < 4.78 is 2.08. The van der Waals surface area contributed by atoms with E-state index >= 15 is 0 Å². The van der Waals surface area contributed by atoms with E-state index in [-0.39, 0.29) is 5.91 Å². The van der Waals surface area contributed by atoms with Gasteiger partial charge in [0.25, 0.3) is 5.91 Å². The van der Waals surface area contributed by atoms with Crippen LogP contribution in [0.25, 0.3) is 0 Å². The predicted octanol–water partition coefficient (Wildman–Crippen LogP) is 3.65. The van der Waals surface area contributed by atoms with Gasteiger partial charge in [0, 0.05) is 42.9 Å². The molecule has 2 fully saturated rings. The number of hydrogen-bond acceptors (Lipinski definition) is 4. The molecule has 3 heterocycles. The van der Waals surface area contributed by atoms with E-state index in [1.54, 1.807) is 11.3 Å². The van der Waals surface area contributed by atoms with Gasteiger partial charge in [-0.3, -0.25) is 9.69 Å². The number of rotatable bonds is 5. The van der Waals surface area contributed by atoms with Gasteiger partial charge in [-0.2, -0.15) is 0 Å². The van der Waals surface area contributed by atoms with Gasteiger partial charge in [0.1, 0.15) is 10.7 Å². The van der Waals surface area contributed by atoms with Crippen LogP contribution in [0.4, 0.5) is 0 Å². The highest BCUT2D eigenvalue weighted by Gasteiger charge is 2.56. The van der Waals surface area contributed by atoms with Crippen LogP contribution in [0, 0.1) is 5.41 Å². The highest BCUT2D eigenvalue weighted by Crippen LogP contribution is 2.56. The Balaban J connectivity index is 1.35. The number of likely N-dealkylation sites (tertiary alicyclic amines) is 1. The first kappa shape index (κ1) is 17.7. The first-order valence-corrected chi connectivity index (χ1v) is 10.4. The maximum absolute atomic E-state index is 12.9. The summed E-state index contributed by atoms with van der Waals surface area (Å²) in [4.78, 5) is 21.8. The van der Waals surface area contributed by atoms with Crippen LogP contribution in [-0.2, 0) is 6.54 Å². The second-order valence-electron chi connectivity index (χ2n) is 8.11. The highest BCUT2D eigenvalue weighted by molar-refractivity contribution is 7.09. The average molecular weight is 373 g/mol. The molecule has 140 valence electrons. The molecule has 0 radical (unpaired) electrons. The van der Waals surface area contributed by atoms with Gasteiger partial charge in [-0.1, -0.05) is 0 Å². The lowest BCUT2D eigenvalue weighted by Gasteiger charge is -2.34. The van der Waals surface area contributed by atoms with Crippen LogP contribution in [0.5, 0.6) is 0 Å². The Morgan fingerprint density at radius 1 is 1.42 bits per heavy atom. The Morgan fingerprint density at radius 2 is 2.19 bits per heavy atom. The number of carbonyl (C=O) groups excluding carboxylic acids is 1. The zero-order valence-electron chi connectivity index (χ0n) is 15.9. The van der Waals surface area contributed by atoms with E-state index in [0.29, 0.717) is 17.5 Å². The molecule has 1 saturated heterocycles. The molecule has 1 atom stereocenters. The first-order chi connectivity index (χ1) is 12.5. The van der Waals surface area contributed by atoms with Crippen LogP contribution in [0.15, 0.2) is 29.9 Å². The highest BCUT2D eigenvalue weighted by atomic mass is 32.1. The lowest BCUT2D eigenvalue weighted by molar-refractivity contribution is 0.0645. The number of aromatic nitrogens is 2. The number of hydrogen-bond donors (Lipinski definition) is 0. The van der Waals surface area contributed by atoms with E-state index in [2.05, 4.69) is 40.2 Å². The summed E-state index contributed by atoms with van der Waals surface area (Å²) in [6.45, 7) is 6.94. The van der Waals surface area contributed by atoms with Crippen LogP contribution in [-0.4, -0.2) is 51.4 Å². The summed E-state index contributed by atoms with van der Waals surface area (Å²) in [7, 11) is 2.22. The van der Waals surface area contributed by atoms with E-state index < -0.39 is 0 Å². The maximum atomic E-state index is 12.9. The Morgan fingerprint density at radius 3 is 2.85 bits per heavy atom. The van der Waals surface area contributed by atoms with Crippen molar-refractivity contribution in [1.29, 1.82) is 0 Å². The second kappa shape index (κ2) is 6.82. The Labute approximate surface area is 159 Å². The molecule has 1 saturated carbocycles.